The van der Waals surface area contributed by atoms with Crippen LogP contribution in [0.5, 0.6) is 0 Å². The smallest absolute Gasteiger partial charge is 0.248 e. The van der Waals surface area contributed by atoms with Crippen LogP contribution in [0.4, 0.5) is 5.82 Å². The molecule has 2 aliphatic rings. The third-order valence-corrected chi connectivity index (χ3v) is 5.71. The fourth-order valence-electron chi connectivity index (χ4n) is 4.13. The molecule has 2 aromatic rings. The number of likely N-dealkylation sites (tertiary alicyclic amines) is 1. The largest absolute Gasteiger partial charge is 0.375 e. The van der Waals surface area contributed by atoms with E-state index in [0.717, 1.165) is 34.9 Å². The minimum atomic E-state index is -0.00874. The second kappa shape index (κ2) is 8.29. The molecule has 0 bridgehead atoms. The second-order valence-corrected chi connectivity index (χ2v) is 7.69. The average Bonchev–Trinajstić information content (AvgIpc) is 3.21. The second-order valence-electron chi connectivity index (χ2n) is 7.69. The van der Waals surface area contributed by atoms with Gasteiger partial charge >= 0.3 is 0 Å². The Bertz CT molecular complexity index is 916. The van der Waals surface area contributed by atoms with Crippen LogP contribution in [0.2, 0.25) is 0 Å². The Hall–Kier alpha value is -2.80. The van der Waals surface area contributed by atoms with Crippen LogP contribution in [0.15, 0.2) is 30.3 Å². The molecule has 1 unspecified atom stereocenters. The van der Waals surface area contributed by atoms with Gasteiger partial charge in [0.25, 0.3) is 0 Å². The van der Waals surface area contributed by atoms with Crippen LogP contribution in [-0.4, -0.2) is 53.5 Å². The lowest BCUT2D eigenvalue weighted by Gasteiger charge is -2.30. The Morgan fingerprint density at radius 2 is 2.00 bits per heavy atom. The standard InChI is InChI=1S/C22H26N4O3/c1-15-18-8-9-19(27)26(12-16-6-4-3-5-7-16)22(18)24-21(23-15)17-10-11-25(13-17)20(28)14-29-2/h3-7,17H,8-14H2,1-2H3. The Kier molecular flexibility index (Phi) is 5.58. The number of amides is 2. The zero-order chi connectivity index (χ0) is 20.4. The minimum absolute atomic E-state index is 0.00874. The topological polar surface area (TPSA) is 75.6 Å². The summed E-state index contributed by atoms with van der Waals surface area (Å²) in [5.41, 5.74) is 3.05. The van der Waals surface area contributed by atoms with E-state index in [4.69, 9.17) is 14.7 Å². The Morgan fingerprint density at radius 3 is 2.76 bits per heavy atom. The van der Waals surface area contributed by atoms with Crippen LogP contribution in [0.1, 0.15) is 41.4 Å². The van der Waals surface area contributed by atoms with Crippen molar-refractivity contribution in [3.8, 4) is 0 Å². The molecule has 152 valence electrons. The summed E-state index contributed by atoms with van der Waals surface area (Å²) in [5, 5.41) is 0. The zero-order valence-corrected chi connectivity index (χ0v) is 16.9. The van der Waals surface area contributed by atoms with Gasteiger partial charge in [0, 0.05) is 43.8 Å². The van der Waals surface area contributed by atoms with Crippen LogP contribution >= 0.6 is 0 Å². The summed E-state index contributed by atoms with van der Waals surface area (Å²) in [5.74, 6) is 1.62. The third-order valence-electron chi connectivity index (χ3n) is 5.71. The fourth-order valence-corrected chi connectivity index (χ4v) is 4.13. The summed E-state index contributed by atoms with van der Waals surface area (Å²) in [6, 6.07) is 9.97. The van der Waals surface area contributed by atoms with Crippen molar-refractivity contribution in [2.24, 2.45) is 0 Å². The number of methoxy groups -OCH3 is 1. The van der Waals surface area contributed by atoms with Crippen LogP contribution in [-0.2, 0) is 27.3 Å². The molecule has 4 rings (SSSR count). The molecule has 7 nitrogen and oxygen atoms in total. The molecule has 7 heteroatoms. The predicted molar refractivity (Wildman–Crippen MR) is 109 cm³/mol. The molecule has 2 aliphatic heterocycles. The summed E-state index contributed by atoms with van der Waals surface area (Å²) < 4.78 is 4.97. The number of benzene rings is 1. The van der Waals surface area contributed by atoms with Gasteiger partial charge in [-0.3, -0.25) is 14.5 Å². The van der Waals surface area contributed by atoms with E-state index in [1.165, 1.54) is 7.11 Å². The fraction of sp³-hybridized carbons (Fsp3) is 0.455. The summed E-state index contributed by atoms with van der Waals surface area (Å²) >= 11 is 0. The molecule has 0 aliphatic carbocycles. The van der Waals surface area contributed by atoms with Crippen molar-refractivity contribution in [2.75, 3.05) is 31.7 Å². The highest BCUT2D eigenvalue weighted by Crippen LogP contribution is 2.33. The summed E-state index contributed by atoms with van der Waals surface area (Å²) in [7, 11) is 1.53. The molecule has 3 heterocycles. The van der Waals surface area contributed by atoms with Gasteiger partial charge in [-0.15, -0.1) is 0 Å². The molecule has 0 N–H and O–H groups in total. The lowest BCUT2D eigenvalue weighted by atomic mass is 10.0. The van der Waals surface area contributed by atoms with Crippen molar-refractivity contribution in [3.05, 3.63) is 53.0 Å². The first kappa shape index (κ1) is 19.5. The highest BCUT2D eigenvalue weighted by Gasteiger charge is 2.33. The van der Waals surface area contributed by atoms with Crippen molar-refractivity contribution < 1.29 is 14.3 Å². The maximum Gasteiger partial charge on any atom is 0.248 e. The number of rotatable bonds is 5. The van der Waals surface area contributed by atoms with Gasteiger partial charge in [0.1, 0.15) is 18.2 Å². The molecule has 2 amide bonds. The van der Waals surface area contributed by atoms with E-state index in [2.05, 4.69) is 0 Å². The van der Waals surface area contributed by atoms with Gasteiger partial charge in [-0.1, -0.05) is 30.3 Å². The molecule has 1 saturated heterocycles. The van der Waals surface area contributed by atoms with E-state index in [0.29, 0.717) is 32.5 Å². The van der Waals surface area contributed by atoms with Gasteiger partial charge in [-0.2, -0.15) is 0 Å². The van der Waals surface area contributed by atoms with E-state index in [9.17, 15) is 9.59 Å². The van der Waals surface area contributed by atoms with Crippen molar-refractivity contribution >= 4 is 17.6 Å². The van der Waals surface area contributed by atoms with E-state index < -0.39 is 0 Å². The highest BCUT2D eigenvalue weighted by molar-refractivity contribution is 5.95. The number of aryl methyl sites for hydroxylation is 1. The van der Waals surface area contributed by atoms with Gasteiger partial charge < -0.3 is 9.64 Å². The van der Waals surface area contributed by atoms with Crippen molar-refractivity contribution in [3.63, 3.8) is 0 Å². The monoisotopic (exact) mass is 394 g/mol. The van der Waals surface area contributed by atoms with Crippen molar-refractivity contribution in [2.45, 2.75) is 38.6 Å². The van der Waals surface area contributed by atoms with E-state index in [1.807, 2.05) is 37.3 Å². The SMILES string of the molecule is COCC(=O)N1CCC(c2nc(C)c3c(n2)N(Cc2ccccc2)C(=O)CC3)C1. The molecule has 0 spiro atoms. The highest BCUT2D eigenvalue weighted by atomic mass is 16.5. The Morgan fingerprint density at radius 1 is 1.21 bits per heavy atom. The lowest BCUT2D eigenvalue weighted by molar-refractivity contribution is -0.134. The lowest BCUT2D eigenvalue weighted by Crippen LogP contribution is -2.36. The summed E-state index contributed by atoms with van der Waals surface area (Å²) in [6.45, 7) is 3.86. The number of hydrogen-bond acceptors (Lipinski definition) is 5. The Balaban J connectivity index is 1.62. The van der Waals surface area contributed by atoms with Crippen LogP contribution in [0.3, 0.4) is 0 Å². The van der Waals surface area contributed by atoms with E-state index in [1.54, 1.807) is 9.80 Å². The maximum atomic E-state index is 12.7. The number of carbonyl (C=O) groups is 2. The van der Waals surface area contributed by atoms with Crippen LogP contribution in [0, 0.1) is 6.92 Å². The number of aromatic nitrogens is 2. The molecular formula is C22H26N4O3. The van der Waals surface area contributed by atoms with Crippen molar-refractivity contribution in [1.29, 1.82) is 0 Å². The van der Waals surface area contributed by atoms with Gasteiger partial charge in [0.05, 0.1) is 6.54 Å². The number of ether oxygens (including phenoxy) is 1. The molecule has 0 saturated carbocycles. The summed E-state index contributed by atoms with van der Waals surface area (Å²) in [4.78, 5) is 38.0. The number of hydrogen-bond donors (Lipinski definition) is 0. The molecule has 1 atom stereocenters. The number of fused-ring (bicyclic) bond motifs is 1. The first-order valence-corrected chi connectivity index (χ1v) is 10.0. The van der Waals surface area contributed by atoms with Gasteiger partial charge in [-0.05, 0) is 25.3 Å². The van der Waals surface area contributed by atoms with Crippen molar-refractivity contribution in [1.82, 2.24) is 14.9 Å². The molecule has 29 heavy (non-hydrogen) atoms. The van der Waals surface area contributed by atoms with Crippen LogP contribution < -0.4 is 4.90 Å². The molecule has 1 aromatic carbocycles. The molecule has 1 aromatic heterocycles. The normalized spacial score (nSPS) is 18.8. The Labute approximate surface area is 170 Å². The molecule has 0 radical (unpaired) electrons. The average molecular weight is 394 g/mol. The maximum absolute atomic E-state index is 12.7. The number of anilines is 1. The van der Waals surface area contributed by atoms with Gasteiger partial charge in [0.2, 0.25) is 11.8 Å². The minimum Gasteiger partial charge on any atom is -0.375 e. The number of nitrogens with zero attached hydrogens (tertiary/aromatic N) is 4. The molecule has 1 fully saturated rings. The van der Waals surface area contributed by atoms with Gasteiger partial charge in [0.15, 0.2) is 0 Å². The number of carbonyl (C=O) groups excluding carboxylic acids is 2. The van der Waals surface area contributed by atoms with E-state index in [-0.39, 0.29) is 24.3 Å². The quantitative estimate of drug-likeness (QED) is 0.777. The zero-order valence-electron chi connectivity index (χ0n) is 16.9. The first-order chi connectivity index (χ1) is 14.1. The molecular weight excluding hydrogens is 368 g/mol. The van der Waals surface area contributed by atoms with E-state index >= 15 is 0 Å². The third kappa shape index (κ3) is 4.00. The predicted octanol–water partition coefficient (Wildman–Crippen LogP) is 2.23. The van der Waals surface area contributed by atoms with Gasteiger partial charge in [-0.25, -0.2) is 9.97 Å². The van der Waals surface area contributed by atoms with Crippen LogP contribution in [0.25, 0.3) is 0 Å². The first-order valence-electron chi connectivity index (χ1n) is 10.0. The summed E-state index contributed by atoms with van der Waals surface area (Å²) in [6.07, 6.45) is 1.97.